The molecule has 1 N–H and O–H groups in total. The van der Waals surface area contributed by atoms with Crippen LogP contribution in [0.5, 0.6) is 0 Å². The molecule has 8 heteroatoms. The lowest BCUT2D eigenvalue weighted by molar-refractivity contribution is 0.391. The highest BCUT2D eigenvalue weighted by molar-refractivity contribution is 7.98. The fraction of sp³-hybridized carbons (Fsp3) is 0.375. The summed E-state index contributed by atoms with van der Waals surface area (Å²) in [5.41, 5.74) is 2.00. The Balaban J connectivity index is 1.69. The molecule has 0 spiro atoms. The minimum Gasteiger partial charge on any atom is -0.338 e. The van der Waals surface area contributed by atoms with Crippen molar-refractivity contribution in [2.45, 2.75) is 44.1 Å². The number of thioether (sulfide) groups is 1. The number of aryl methyl sites for hydroxylation is 1. The van der Waals surface area contributed by atoms with E-state index in [9.17, 15) is 4.79 Å². The first-order chi connectivity index (χ1) is 11.7. The van der Waals surface area contributed by atoms with Crippen LogP contribution in [0.2, 0.25) is 0 Å². The summed E-state index contributed by atoms with van der Waals surface area (Å²) in [6.45, 7) is 4.77. The number of benzene rings is 1. The first-order valence-electron chi connectivity index (χ1n) is 7.91. The number of hydrogen-bond donors (Lipinski definition) is 1. The van der Waals surface area contributed by atoms with Gasteiger partial charge in [-0.05, 0) is 18.4 Å². The van der Waals surface area contributed by atoms with Crippen LogP contribution in [0.3, 0.4) is 0 Å². The molecule has 7 nitrogen and oxygen atoms in total. The maximum atomic E-state index is 11.7. The summed E-state index contributed by atoms with van der Waals surface area (Å²) < 4.78 is 6.91. The molecule has 0 saturated carbocycles. The van der Waals surface area contributed by atoms with E-state index in [4.69, 9.17) is 4.52 Å². The molecule has 0 atom stereocenters. The van der Waals surface area contributed by atoms with Gasteiger partial charge in [-0.1, -0.05) is 55.0 Å². The third-order valence-corrected chi connectivity index (χ3v) is 4.54. The standard InChI is InChI=1S/C16H19N5O2S/c1-3-9-21-15(22)18-19-16(21)24-10-13-17-14(20-23-13)12-7-5-11(4-2)6-8-12/h5-8H,3-4,9-10H2,1-2H3,(H,18,22). The molecule has 0 aliphatic heterocycles. The molecule has 24 heavy (non-hydrogen) atoms. The summed E-state index contributed by atoms with van der Waals surface area (Å²) in [5, 5.41) is 11.2. The average Bonchev–Trinajstić information content (AvgIpc) is 3.21. The molecule has 0 radical (unpaired) electrons. The van der Waals surface area contributed by atoms with E-state index in [0.29, 0.717) is 29.2 Å². The number of hydrogen-bond acceptors (Lipinski definition) is 6. The summed E-state index contributed by atoms with van der Waals surface area (Å²) in [7, 11) is 0. The summed E-state index contributed by atoms with van der Waals surface area (Å²) in [5.74, 6) is 1.54. The SMILES string of the molecule is CCCn1c(SCc2nc(-c3ccc(CC)cc3)no2)n[nH]c1=O. The minimum atomic E-state index is -0.193. The molecule has 0 bridgehead atoms. The van der Waals surface area contributed by atoms with Crippen molar-refractivity contribution in [3.8, 4) is 11.4 Å². The van der Waals surface area contributed by atoms with Crippen LogP contribution in [0.4, 0.5) is 0 Å². The fourth-order valence-corrected chi connectivity index (χ4v) is 3.09. The average molecular weight is 345 g/mol. The van der Waals surface area contributed by atoms with Crippen LogP contribution in [0.25, 0.3) is 11.4 Å². The molecule has 0 amide bonds. The van der Waals surface area contributed by atoms with Gasteiger partial charge in [-0.3, -0.25) is 4.57 Å². The lowest BCUT2D eigenvalue weighted by atomic mass is 10.1. The van der Waals surface area contributed by atoms with Crippen LogP contribution >= 0.6 is 11.8 Å². The van der Waals surface area contributed by atoms with Gasteiger partial charge < -0.3 is 4.52 Å². The van der Waals surface area contributed by atoms with Crippen molar-refractivity contribution in [1.29, 1.82) is 0 Å². The maximum Gasteiger partial charge on any atom is 0.343 e. The van der Waals surface area contributed by atoms with E-state index in [1.807, 2.05) is 19.1 Å². The van der Waals surface area contributed by atoms with Gasteiger partial charge in [0.1, 0.15) is 0 Å². The normalized spacial score (nSPS) is 11.1. The van der Waals surface area contributed by atoms with Gasteiger partial charge in [-0.15, -0.1) is 5.10 Å². The second-order valence-electron chi connectivity index (χ2n) is 5.31. The van der Waals surface area contributed by atoms with Gasteiger partial charge >= 0.3 is 5.69 Å². The Bertz CT molecular complexity index is 850. The zero-order chi connectivity index (χ0) is 16.9. The van der Waals surface area contributed by atoms with E-state index in [-0.39, 0.29) is 5.69 Å². The summed E-state index contributed by atoms with van der Waals surface area (Å²) in [6.07, 6.45) is 1.86. The molecule has 0 fully saturated rings. The Kier molecular flexibility index (Phi) is 5.14. The van der Waals surface area contributed by atoms with Crippen molar-refractivity contribution in [3.05, 3.63) is 46.2 Å². The minimum absolute atomic E-state index is 0.193. The molecule has 2 aromatic heterocycles. The van der Waals surface area contributed by atoms with Gasteiger partial charge in [0, 0.05) is 12.1 Å². The van der Waals surface area contributed by atoms with Crippen LogP contribution in [-0.4, -0.2) is 24.9 Å². The number of nitrogens with one attached hydrogen (secondary N) is 1. The van der Waals surface area contributed by atoms with Gasteiger partial charge in [0.25, 0.3) is 0 Å². The third-order valence-electron chi connectivity index (χ3n) is 3.58. The van der Waals surface area contributed by atoms with Crippen LogP contribution in [0.15, 0.2) is 38.7 Å². The highest BCUT2D eigenvalue weighted by Crippen LogP contribution is 2.22. The van der Waals surface area contributed by atoms with E-state index in [0.717, 1.165) is 18.4 Å². The highest BCUT2D eigenvalue weighted by Gasteiger charge is 2.12. The Morgan fingerprint density at radius 2 is 2.04 bits per heavy atom. The molecule has 0 saturated heterocycles. The number of nitrogens with zero attached hydrogens (tertiary/aromatic N) is 4. The Morgan fingerprint density at radius 3 is 2.75 bits per heavy atom. The summed E-state index contributed by atoms with van der Waals surface area (Å²) in [6, 6.07) is 8.11. The molecule has 126 valence electrons. The topological polar surface area (TPSA) is 89.6 Å². The van der Waals surface area contributed by atoms with Gasteiger partial charge in [-0.2, -0.15) is 4.98 Å². The molecule has 3 aromatic rings. The second-order valence-corrected chi connectivity index (χ2v) is 6.26. The van der Waals surface area contributed by atoms with E-state index >= 15 is 0 Å². The quantitative estimate of drug-likeness (QED) is 0.662. The van der Waals surface area contributed by atoms with Crippen molar-refractivity contribution >= 4 is 11.8 Å². The number of aromatic amines is 1. The van der Waals surface area contributed by atoms with Crippen molar-refractivity contribution in [2.24, 2.45) is 0 Å². The first kappa shape index (κ1) is 16.5. The predicted molar refractivity (Wildman–Crippen MR) is 91.8 cm³/mol. The summed E-state index contributed by atoms with van der Waals surface area (Å²) in [4.78, 5) is 16.1. The van der Waals surface area contributed by atoms with Crippen LogP contribution < -0.4 is 5.69 Å². The number of aromatic nitrogens is 5. The molecule has 0 aliphatic rings. The summed E-state index contributed by atoms with van der Waals surface area (Å²) >= 11 is 1.40. The predicted octanol–water partition coefficient (Wildman–Crippen LogP) is 2.89. The van der Waals surface area contributed by atoms with Crippen molar-refractivity contribution in [2.75, 3.05) is 0 Å². The lowest BCUT2D eigenvalue weighted by Gasteiger charge is -2.01. The largest absolute Gasteiger partial charge is 0.343 e. The molecule has 1 aromatic carbocycles. The van der Waals surface area contributed by atoms with Gasteiger partial charge in [0.05, 0.1) is 5.75 Å². The molecular weight excluding hydrogens is 326 g/mol. The van der Waals surface area contributed by atoms with E-state index in [2.05, 4.69) is 39.4 Å². The smallest absolute Gasteiger partial charge is 0.338 e. The fourth-order valence-electron chi connectivity index (χ4n) is 2.28. The Hall–Kier alpha value is -2.35. The number of rotatable bonds is 7. The van der Waals surface area contributed by atoms with Gasteiger partial charge in [-0.25, -0.2) is 9.89 Å². The van der Waals surface area contributed by atoms with E-state index in [1.54, 1.807) is 4.57 Å². The molecule has 2 heterocycles. The number of H-pyrrole nitrogens is 1. The highest BCUT2D eigenvalue weighted by atomic mass is 32.2. The zero-order valence-electron chi connectivity index (χ0n) is 13.7. The van der Waals surface area contributed by atoms with Crippen molar-refractivity contribution in [1.82, 2.24) is 24.9 Å². The van der Waals surface area contributed by atoms with Gasteiger partial charge in [0.2, 0.25) is 11.7 Å². The first-order valence-corrected chi connectivity index (χ1v) is 8.89. The zero-order valence-corrected chi connectivity index (χ0v) is 14.5. The Labute approximate surface area is 143 Å². The van der Waals surface area contributed by atoms with Crippen molar-refractivity contribution in [3.63, 3.8) is 0 Å². The van der Waals surface area contributed by atoms with Crippen molar-refractivity contribution < 1.29 is 4.52 Å². The maximum absolute atomic E-state index is 11.7. The van der Waals surface area contributed by atoms with Gasteiger partial charge in [0.15, 0.2) is 5.16 Å². The van der Waals surface area contributed by atoms with Crippen LogP contribution in [0, 0.1) is 0 Å². The van der Waals surface area contributed by atoms with Crippen LogP contribution in [-0.2, 0) is 18.7 Å². The van der Waals surface area contributed by atoms with Crippen LogP contribution in [0.1, 0.15) is 31.7 Å². The van der Waals surface area contributed by atoms with E-state index < -0.39 is 0 Å². The lowest BCUT2D eigenvalue weighted by Crippen LogP contribution is -2.17. The molecule has 0 aliphatic carbocycles. The molecular formula is C16H19N5O2S. The molecule has 3 rings (SSSR count). The third kappa shape index (κ3) is 3.59. The monoisotopic (exact) mass is 345 g/mol. The van der Waals surface area contributed by atoms with E-state index in [1.165, 1.54) is 17.3 Å². The second kappa shape index (κ2) is 7.48. The Morgan fingerprint density at radius 1 is 1.25 bits per heavy atom. The molecule has 0 unspecified atom stereocenters.